The summed E-state index contributed by atoms with van der Waals surface area (Å²) >= 11 is 13.0. The second-order valence-corrected chi connectivity index (χ2v) is 14.9. The van der Waals surface area contributed by atoms with Crippen LogP contribution in [0.2, 0.25) is 0 Å². The van der Waals surface area contributed by atoms with Crippen LogP contribution in [0.3, 0.4) is 0 Å². The summed E-state index contributed by atoms with van der Waals surface area (Å²) in [6.07, 6.45) is 6.50. The van der Waals surface area contributed by atoms with E-state index in [0.717, 1.165) is 51.4 Å². The number of halogens is 2. The number of carbonyl (C=O) groups is 5. The number of likely N-dealkylation sites (tertiary alicyclic amines) is 1. The summed E-state index contributed by atoms with van der Waals surface area (Å²) < 4.78 is 4.43. The third kappa shape index (κ3) is 6.95. The fraction of sp³-hybridized carbons (Fsp3) is 0.828. The fourth-order valence-electron chi connectivity index (χ4n) is 6.38. The van der Waals surface area contributed by atoms with Gasteiger partial charge in [-0.1, -0.05) is 59.3 Å². The molecule has 4 fully saturated rings. The molecule has 0 aromatic carbocycles. The van der Waals surface area contributed by atoms with Crippen LogP contribution in [-0.4, -0.2) is 69.6 Å². The molecule has 10 nitrogen and oxygen atoms in total. The molecule has 1 aliphatic heterocycles. The molecule has 0 radical (unpaired) electrons. The maximum atomic E-state index is 14.2. The van der Waals surface area contributed by atoms with Gasteiger partial charge in [-0.2, -0.15) is 0 Å². The number of amides is 4. The van der Waals surface area contributed by atoms with Gasteiger partial charge in [0.15, 0.2) is 0 Å². The number of primary amides is 1. The van der Waals surface area contributed by atoms with Gasteiger partial charge in [-0.05, 0) is 43.4 Å². The molecule has 3 saturated carbocycles. The first-order valence-electron chi connectivity index (χ1n) is 14.9. The minimum absolute atomic E-state index is 0.117. The Hall–Kier alpha value is -2.07. The monoisotopic (exact) mass is 614 g/mol. The number of hydrogen-bond acceptors (Lipinski definition) is 6. The second-order valence-electron chi connectivity index (χ2n) is 13.5. The largest absolute Gasteiger partial charge is 0.446 e. The molecule has 230 valence electrons. The van der Waals surface area contributed by atoms with Crippen molar-refractivity contribution in [2.24, 2.45) is 34.8 Å². The fourth-order valence-corrected chi connectivity index (χ4v) is 7.21. The van der Waals surface area contributed by atoms with E-state index in [1.165, 1.54) is 4.90 Å². The highest BCUT2D eigenvalue weighted by Gasteiger charge is 2.74. The van der Waals surface area contributed by atoms with E-state index in [-0.39, 0.29) is 29.7 Å². The van der Waals surface area contributed by atoms with Crippen LogP contribution >= 0.6 is 23.2 Å². The lowest BCUT2D eigenvalue weighted by molar-refractivity contribution is -0.144. The lowest BCUT2D eigenvalue weighted by Gasteiger charge is -2.37. The SMILES string of the molecule is CC(OC(=O)N[C@H](C(=O)N1CC2C([C@H]1C(=O)NC(CC1CCC1)C(=O)C(N)=O)C2(Cl)Cl)C1CCCCC1)C(C)(C)C. The second kappa shape index (κ2) is 12.3. The normalized spacial score (nSPS) is 28.0. The van der Waals surface area contributed by atoms with Crippen molar-refractivity contribution in [3.63, 3.8) is 0 Å². The number of Topliss-reactive ketones (excluding diaryl/α,β-unsaturated/α-hetero) is 1. The van der Waals surface area contributed by atoms with Gasteiger partial charge in [-0.25, -0.2) is 4.79 Å². The first-order valence-corrected chi connectivity index (χ1v) is 15.7. The van der Waals surface area contributed by atoms with E-state index in [1.807, 2.05) is 20.8 Å². The van der Waals surface area contributed by atoms with E-state index in [2.05, 4.69) is 10.6 Å². The van der Waals surface area contributed by atoms with Crippen LogP contribution in [-0.2, 0) is 23.9 Å². The van der Waals surface area contributed by atoms with Crippen LogP contribution in [0.4, 0.5) is 4.79 Å². The van der Waals surface area contributed by atoms with E-state index >= 15 is 0 Å². The van der Waals surface area contributed by atoms with Gasteiger partial charge in [0.1, 0.15) is 22.5 Å². The Morgan fingerprint density at radius 1 is 1.00 bits per heavy atom. The third-order valence-corrected chi connectivity index (χ3v) is 10.8. The molecule has 4 unspecified atom stereocenters. The Balaban J connectivity index is 1.55. The van der Waals surface area contributed by atoms with Crippen LogP contribution in [0.15, 0.2) is 0 Å². The summed E-state index contributed by atoms with van der Waals surface area (Å²) in [5, 5.41) is 5.53. The first kappa shape index (κ1) is 31.9. The van der Waals surface area contributed by atoms with Crippen LogP contribution in [0.5, 0.6) is 0 Å². The highest BCUT2D eigenvalue weighted by Crippen LogP contribution is 2.65. The van der Waals surface area contributed by atoms with E-state index in [0.29, 0.717) is 6.42 Å². The Morgan fingerprint density at radius 3 is 2.17 bits per heavy atom. The summed E-state index contributed by atoms with van der Waals surface area (Å²) in [4.78, 5) is 66.7. The Kier molecular flexibility index (Phi) is 9.53. The number of ether oxygens (including phenoxy) is 1. The summed E-state index contributed by atoms with van der Waals surface area (Å²) in [6, 6.07) is -3.02. The predicted octanol–water partition coefficient (Wildman–Crippen LogP) is 3.46. The molecule has 3 aliphatic carbocycles. The average molecular weight is 616 g/mol. The van der Waals surface area contributed by atoms with Crippen molar-refractivity contribution < 1.29 is 28.7 Å². The zero-order valence-corrected chi connectivity index (χ0v) is 25.9. The standard InChI is InChI=1S/C29H44Cl2N4O6/c1-15(28(2,3)4)41-27(40)34-21(17-11-6-5-7-12-17)26(39)35-14-18-20(29(18,30)31)22(35)25(38)33-19(23(36)24(32)37)13-16-9-8-10-16/h15-22H,5-14H2,1-4H3,(H2,32,37)(H,33,38)(H,34,40)/t15?,18?,19?,20?,21-,22-/m0/s1. The van der Waals surface area contributed by atoms with Crippen molar-refractivity contribution in [2.45, 2.75) is 114 Å². The maximum Gasteiger partial charge on any atom is 0.408 e. The minimum atomic E-state index is -1.19. The predicted molar refractivity (Wildman–Crippen MR) is 154 cm³/mol. The number of nitrogens with one attached hydrogen (secondary N) is 2. The number of rotatable bonds is 10. The molecule has 12 heteroatoms. The molecule has 6 atom stereocenters. The quantitative estimate of drug-likeness (QED) is 0.253. The van der Waals surface area contributed by atoms with Crippen LogP contribution in [0.1, 0.15) is 85.5 Å². The molecule has 4 rings (SSSR count). The summed E-state index contributed by atoms with van der Waals surface area (Å²) in [5.41, 5.74) is 5.00. The van der Waals surface area contributed by atoms with Crippen molar-refractivity contribution in [3.8, 4) is 0 Å². The Labute approximate surface area is 252 Å². The molecule has 0 bridgehead atoms. The van der Waals surface area contributed by atoms with Gasteiger partial charge >= 0.3 is 6.09 Å². The minimum Gasteiger partial charge on any atom is -0.446 e. The number of nitrogens with two attached hydrogens (primary N) is 1. The smallest absolute Gasteiger partial charge is 0.408 e. The summed E-state index contributed by atoms with van der Waals surface area (Å²) in [5.74, 6) is -3.76. The summed E-state index contributed by atoms with van der Waals surface area (Å²) in [7, 11) is 0. The highest BCUT2D eigenvalue weighted by molar-refractivity contribution is 6.51. The molecule has 41 heavy (non-hydrogen) atoms. The number of piperidine rings is 1. The molecule has 1 heterocycles. The number of carbonyl (C=O) groups excluding carboxylic acids is 5. The molecule has 4 N–H and O–H groups in total. The van der Waals surface area contributed by atoms with Gasteiger partial charge in [-0.3, -0.25) is 19.2 Å². The Morgan fingerprint density at radius 2 is 1.63 bits per heavy atom. The number of ketones is 1. The zero-order chi connectivity index (χ0) is 30.3. The maximum absolute atomic E-state index is 14.2. The summed E-state index contributed by atoms with van der Waals surface area (Å²) in [6.45, 7) is 7.82. The van der Waals surface area contributed by atoms with E-state index in [4.69, 9.17) is 33.7 Å². The van der Waals surface area contributed by atoms with Crippen molar-refractivity contribution in [3.05, 3.63) is 0 Å². The van der Waals surface area contributed by atoms with Crippen molar-refractivity contribution in [1.82, 2.24) is 15.5 Å². The number of nitrogens with zero attached hydrogens (tertiary/aromatic N) is 1. The van der Waals surface area contributed by atoms with Gasteiger partial charge < -0.3 is 26.0 Å². The van der Waals surface area contributed by atoms with Gasteiger partial charge in [0.2, 0.25) is 17.6 Å². The number of alkyl halides is 2. The van der Waals surface area contributed by atoms with E-state index < -0.39 is 64.1 Å². The van der Waals surface area contributed by atoms with Gasteiger partial charge in [0.05, 0.1) is 6.04 Å². The van der Waals surface area contributed by atoms with E-state index in [1.54, 1.807) is 6.92 Å². The third-order valence-electron chi connectivity index (χ3n) is 9.72. The molecular weight excluding hydrogens is 571 g/mol. The van der Waals surface area contributed by atoms with Crippen molar-refractivity contribution >= 4 is 52.8 Å². The molecule has 0 spiro atoms. The van der Waals surface area contributed by atoms with Crippen LogP contribution in [0.25, 0.3) is 0 Å². The molecular formula is C29H44Cl2N4O6. The first-order chi connectivity index (χ1) is 19.1. The number of alkyl carbamates (subject to hydrolysis) is 1. The number of fused-ring (bicyclic) bond motifs is 1. The molecule has 4 aliphatic rings. The lowest BCUT2D eigenvalue weighted by Crippen LogP contribution is -2.60. The number of hydrogen-bond donors (Lipinski definition) is 3. The molecule has 0 aromatic heterocycles. The van der Waals surface area contributed by atoms with Crippen molar-refractivity contribution in [1.29, 1.82) is 0 Å². The average Bonchev–Trinajstić information content (AvgIpc) is 3.20. The van der Waals surface area contributed by atoms with Crippen molar-refractivity contribution in [2.75, 3.05) is 6.54 Å². The van der Waals surface area contributed by atoms with Gasteiger partial charge in [-0.15, -0.1) is 23.2 Å². The molecule has 1 saturated heterocycles. The lowest BCUT2D eigenvalue weighted by atomic mass is 9.80. The highest BCUT2D eigenvalue weighted by atomic mass is 35.5. The topological polar surface area (TPSA) is 148 Å². The van der Waals surface area contributed by atoms with E-state index in [9.17, 15) is 24.0 Å². The van der Waals surface area contributed by atoms with Gasteiger partial charge in [0, 0.05) is 18.4 Å². The molecule has 4 amide bonds. The van der Waals surface area contributed by atoms with Gasteiger partial charge in [0.25, 0.3) is 5.91 Å². The zero-order valence-electron chi connectivity index (χ0n) is 24.4. The Bertz CT molecular complexity index is 1050. The molecule has 0 aromatic rings. The van der Waals surface area contributed by atoms with Crippen LogP contribution < -0.4 is 16.4 Å². The van der Waals surface area contributed by atoms with Crippen LogP contribution in [0, 0.1) is 29.1 Å².